The van der Waals surface area contributed by atoms with E-state index in [9.17, 15) is 13.2 Å². The Morgan fingerprint density at radius 1 is 1.04 bits per heavy atom. The van der Waals surface area contributed by atoms with Crippen molar-refractivity contribution in [2.45, 2.75) is 18.4 Å². The summed E-state index contributed by atoms with van der Waals surface area (Å²) in [5.41, 5.74) is 8.60. The molecule has 1 aromatic heterocycles. The minimum absolute atomic E-state index is 0.151. The number of primary amides is 1. The standard InChI is InChI=1S/C20H18ClN3O3S/c1-13-18(20(22)25)10-11-19(24-13)15-4-2-14(3-5-15)12-23-28(26,27)17-8-6-16(21)7-9-17/h2-11,23H,12H2,1H3,(H2,22,25). The fourth-order valence-electron chi connectivity index (χ4n) is 2.65. The number of nitrogens with zero attached hydrogens (tertiary/aromatic N) is 1. The van der Waals surface area contributed by atoms with Crippen LogP contribution in [-0.2, 0) is 16.6 Å². The van der Waals surface area contributed by atoms with Crippen molar-refractivity contribution in [3.8, 4) is 11.3 Å². The molecule has 0 aliphatic rings. The van der Waals surface area contributed by atoms with Gasteiger partial charge in [-0.2, -0.15) is 0 Å². The first kappa shape index (κ1) is 20.0. The zero-order valence-electron chi connectivity index (χ0n) is 15.0. The van der Waals surface area contributed by atoms with Crippen LogP contribution < -0.4 is 10.5 Å². The third-order valence-corrected chi connectivity index (χ3v) is 5.86. The molecule has 0 bridgehead atoms. The van der Waals surface area contributed by atoms with Gasteiger partial charge in [-0.15, -0.1) is 0 Å². The van der Waals surface area contributed by atoms with Crippen molar-refractivity contribution >= 4 is 27.5 Å². The predicted octanol–water partition coefficient (Wildman–Crippen LogP) is 3.29. The first-order chi connectivity index (χ1) is 13.3. The zero-order chi connectivity index (χ0) is 20.3. The summed E-state index contributed by atoms with van der Waals surface area (Å²) >= 11 is 5.79. The van der Waals surface area contributed by atoms with Gasteiger partial charge in [0.1, 0.15) is 0 Å². The van der Waals surface area contributed by atoms with Crippen LogP contribution in [0.25, 0.3) is 11.3 Å². The van der Waals surface area contributed by atoms with Crippen LogP contribution in [0, 0.1) is 6.92 Å². The van der Waals surface area contributed by atoms with Gasteiger partial charge in [0.15, 0.2) is 0 Å². The predicted molar refractivity (Wildman–Crippen MR) is 108 cm³/mol. The zero-order valence-corrected chi connectivity index (χ0v) is 16.6. The van der Waals surface area contributed by atoms with Gasteiger partial charge in [0.2, 0.25) is 10.0 Å². The van der Waals surface area contributed by atoms with Crippen LogP contribution in [0.5, 0.6) is 0 Å². The molecule has 0 spiro atoms. The van der Waals surface area contributed by atoms with Gasteiger partial charge in [0.05, 0.1) is 21.8 Å². The maximum atomic E-state index is 12.3. The molecule has 2 aromatic carbocycles. The summed E-state index contributed by atoms with van der Waals surface area (Å²) in [4.78, 5) is 15.9. The fourth-order valence-corrected chi connectivity index (χ4v) is 3.79. The van der Waals surface area contributed by atoms with Gasteiger partial charge in [-0.1, -0.05) is 35.9 Å². The van der Waals surface area contributed by atoms with Crippen molar-refractivity contribution in [2.24, 2.45) is 5.73 Å². The van der Waals surface area contributed by atoms with E-state index in [1.54, 1.807) is 19.1 Å². The molecular formula is C20H18ClN3O3S. The number of halogens is 1. The average molecular weight is 416 g/mol. The summed E-state index contributed by atoms with van der Waals surface area (Å²) < 4.78 is 27.2. The molecule has 0 unspecified atom stereocenters. The summed E-state index contributed by atoms with van der Waals surface area (Å²) in [7, 11) is -3.62. The second kappa shape index (κ2) is 8.10. The fraction of sp³-hybridized carbons (Fsp3) is 0.100. The normalized spacial score (nSPS) is 11.4. The maximum Gasteiger partial charge on any atom is 0.250 e. The Hall–Kier alpha value is -2.74. The third-order valence-electron chi connectivity index (χ3n) is 4.19. The van der Waals surface area contributed by atoms with Crippen LogP contribution in [0.4, 0.5) is 0 Å². The smallest absolute Gasteiger partial charge is 0.250 e. The highest BCUT2D eigenvalue weighted by atomic mass is 35.5. The van der Waals surface area contributed by atoms with Crippen molar-refractivity contribution in [2.75, 3.05) is 0 Å². The van der Waals surface area contributed by atoms with Crippen molar-refractivity contribution in [3.63, 3.8) is 0 Å². The lowest BCUT2D eigenvalue weighted by Crippen LogP contribution is -2.23. The highest BCUT2D eigenvalue weighted by Crippen LogP contribution is 2.20. The Morgan fingerprint density at radius 3 is 2.25 bits per heavy atom. The van der Waals surface area contributed by atoms with E-state index < -0.39 is 15.9 Å². The minimum Gasteiger partial charge on any atom is -0.366 e. The number of nitrogens with one attached hydrogen (secondary N) is 1. The van der Waals surface area contributed by atoms with Gasteiger partial charge in [-0.25, -0.2) is 13.1 Å². The van der Waals surface area contributed by atoms with Gasteiger partial charge in [0, 0.05) is 17.1 Å². The number of nitrogens with two attached hydrogens (primary N) is 1. The molecule has 1 amide bonds. The lowest BCUT2D eigenvalue weighted by molar-refractivity contribution is 0.0999. The molecular weight excluding hydrogens is 398 g/mol. The molecule has 28 heavy (non-hydrogen) atoms. The van der Waals surface area contributed by atoms with Gasteiger partial charge in [-0.3, -0.25) is 9.78 Å². The highest BCUT2D eigenvalue weighted by Gasteiger charge is 2.13. The Balaban J connectivity index is 1.72. The van der Waals surface area contributed by atoms with Gasteiger partial charge in [-0.05, 0) is 48.9 Å². The summed E-state index contributed by atoms with van der Waals surface area (Å²) in [6.07, 6.45) is 0. The van der Waals surface area contributed by atoms with Crippen LogP contribution in [0.15, 0.2) is 65.6 Å². The van der Waals surface area contributed by atoms with Gasteiger partial charge >= 0.3 is 0 Å². The average Bonchev–Trinajstić information content (AvgIpc) is 2.67. The molecule has 0 aliphatic carbocycles. The van der Waals surface area contributed by atoms with E-state index in [0.29, 0.717) is 22.0 Å². The first-order valence-electron chi connectivity index (χ1n) is 8.38. The first-order valence-corrected chi connectivity index (χ1v) is 10.2. The van der Waals surface area contributed by atoms with E-state index in [1.165, 1.54) is 24.3 Å². The number of aromatic nitrogens is 1. The van der Waals surface area contributed by atoms with Crippen molar-refractivity contribution in [1.82, 2.24) is 9.71 Å². The van der Waals surface area contributed by atoms with Gasteiger partial charge in [0.25, 0.3) is 5.91 Å². The number of amides is 1. The molecule has 0 aliphatic heterocycles. The van der Waals surface area contributed by atoms with E-state index in [4.69, 9.17) is 17.3 Å². The summed E-state index contributed by atoms with van der Waals surface area (Å²) in [5, 5.41) is 0.474. The number of hydrogen-bond acceptors (Lipinski definition) is 4. The molecule has 0 radical (unpaired) electrons. The Kier molecular flexibility index (Phi) is 5.79. The van der Waals surface area contributed by atoms with Crippen LogP contribution in [0.3, 0.4) is 0 Å². The molecule has 144 valence electrons. The van der Waals surface area contributed by atoms with E-state index in [-0.39, 0.29) is 11.4 Å². The second-order valence-corrected chi connectivity index (χ2v) is 8.37. The largest absolute Gasteiger partial charge is 0.366 e. The number of benzene rings is 2. The Bertz CT molecular complexity index is 1110. The molecule has 0 saturated heterocycles. The molecule has 0 fully saturated rings. The van der Waals surface area contributed by atoms with Gasteiger partial charge < -0.3 is 5.73 Å². The van der Waals surface area contributed by atoms with Crippen molar-refractivity contribution in [3.05, 3.63) is 82.5 Å². The molecule has 8 heteroatoms. The SMILES string of the molecule is Cc1nc(-c2ccc(CNS(=O)(=O)c3ccc(Cl)cc3)cc2)ccc1C(N)=O. The molecule has 3 aromatic rings. The molecule has 0 atom stereocenters. The number of carbonyl (C=O) groups excluding carboxylic acids is 1. The number of carbonyl (C=O) groups is 1. The molecule has 3 N–H and O–H groups in total. The molecule has 3 rings (SSSR count). The summed E-state index contributed by atoms with van der Waals surface area (Å²) in [6.45, 7) is 1.88. The number of aryl methyl sites for hydroxylation is 1. The quantitative estimate of drug-likeness (QED) is 0.644. The molecule has 0 saturated carbocycles. The highest BCUT2D eigenvalue weighted by molar-refractivity contribution is 7.89. The molecule has 6 nitrogen and oxygen atoms in total. The third kappa shape index (κ3) is 4.56. The van der Waals surface area contributed by atoms with Crippen LogP contribution in [0.2, 0.25) is 5.02 Å². The second-order valence-electron chi connectivity index (χ2n) is 6.17. The molecule has 1 heterocycles. The van der Waals surface area contributed by atoms with Crippen LogP contribution in [0.1, 0.15) is 21.6 Å². The monoisotopic (exact) mass is 415 g/mol. The lowest BCUT2D eigenvalue weighted by atomic mass is 10.1. The van der Waals surface area contributed by atoms with Crippen LogP contribution in [-0.4, -0.2) is 19.3 Å². The van der Waals surface area contributed by atoms with E-state index in [0.717, 1.165) is 11.1 Å². The topological polar surface area (TPSA) is 102 Å². The Labute approximate surface area is 168 Å². The maximum absolute atomic E-state index is 12.3. The summed E-state index contributed by atoms with van der Waals surface area (Å²) in [5.74, 6) is -0.514. The van der Waals surface area contributed by atoms with E-state index in [1.807, 2.05) is 24.3 Å². The number of sulfonamides is 1. The minimum atomic E-state index is -3.62. The summed E-state index contributed by atoms with van der Waals surface area (Å²) in [6, 6.07) is 16.7. The van der Waals surface area contributed by atoms with E-state index in [2.05, 4.69) is 9.71 Å². The number of pyridine rings is 1. The Morgan fingerprint density at radius 2 is 1.68 bits per heavy atom. The van der Waals surface area contributed by atoms with E-state index >= 15 is 0 Å². The number of rotatable bonds is 6. The van der Waals surface area contributed by atoms with Crippen LogP contribution >= 0.6 is 11.6 Å². The number of hydrogen-bond donors (Lipinski definition) is 2. The van der Waals surface area contributed by atoms with Crippen molar-refractivity contribution < 1.29 is 13.2 Å². The van der Waals surface area contributed by atoms with Crippen molar-refractivity contribution in [1.29, 1.82) is 0 Å². The lowest BCUT2D eigenvalue weighted by Gasteiger charge is -2.09.